The van der Waals surface area contributed by atoms with Crippen LogP contribution >= 0.6 is 15.9 Å². The van der Waals surface area contributed by atoms with Crippen LogP contribution in [0.25, 0.3) is 10.9 Å². The van der Waals surface area contributed by atoms with Crippen LogP contribution in [-0.2, 0) is 13.5 Å². The van der Waals surface area contributed by atoms with Gasteiger partial charge in [-0.25, -0.2) is 0 Å². The minimum absolute atomic E-state index is 0.0921. The van der Waals surface area contributed by atoms with Gasteiger partial charge in [0, 0.05) is 22.5 Å². The van der Waals surface area contributed by atoms with Gasteiger partial charge >= 0.3 is 0 Å². The molecule has 0 fully saturated rings. The summed E-state index contributed by atoms with van der Waals surface area (Å²) >= 11 is 3.45. The van der Waals surface area contributed by atoms with Gasteiger partial charge in [0.2, 0.25) is 0 Å². The van der Waals surface area contributed by atoms with Crippen LogP contribution in [0.2, 0.25) is 0 Å². The second-order valence-corrected chi connectivity index (χ2v) is 6.01. The van der Waals surface area contributed by atoms with Gasteiger partial charge in [-0.15, -0.1) is 0 Å². The molecule has 0 radical (unpaired) electrons. The van der Waals surface area contributed by atoms with E-state index in [0.29, 0.717) is 6.42 Å². The van der Waals surface area contributed by atoms with Crippen molar-refractivity contribution in [2.24, 2.45) is 7.05 Å². The summed E-state index contributed by atoms with van der Waals surface area (Å²) in [6, 6.07) is 13.7. The monoisotopic (exact) mass is 342 g/mol. The minimum atomic E-state index is 0.0921. The van der Waals surface area contributed by atoms with Crippen LogP contribution in [0.3, 0.4) is 0 Å². The number of fused-ring (bicyclic) bond motifs is 1. The van der Waals surface area contributed by atoms with Gasteiger partial charge in [-0.05, 0) is 30.7 Å². The van der Waals surface area contributed by atoms with Gasteiger partial charge in [0.1, 0.15) is 0 Å². The number of benzene rings is 2. The van der Waals surface area contributed by atoms with E-state index in [0.717, 1.165) is 32.2 Å². The van der Waals surface area contributed by atoms with E-state index in [-0.39, 0.29) is 5.78 Å². The van der Waals surface area contributed by atoms with Crippen molar-refractivity contribution in [1.82, 2.24) is 9.78 Å². The van der Waals surface area contributed by atoms with E-state index in [1.807, 2.05) is 61.1 Å². The van der Waals surface area contributed by atoms with Crippen LogP contribution in [0.1, 0.15) is 21.6 Å². The molecule has 3 aromatic rings. The van der Waals surface area contributed by atoms with Gasteiger partial charge in [-0.1, -0.05) is 40.2 Å². The molecule has 0 atom stereocenters. The molecule has 0 amide bonds. The summed E-state index contributed by atoms with van der Waals surface area (Å²) in [5, 5.41) is 5.53. The standard InChI is InChI=1S/C17H15BrN2O/c1-11-9-12(7-8-14(11)18)17(21)10-15-13-5-3-4-6-16(13)20(2)19-15/h3-9H,10H2,1-2H3. The molecule has 0 aliphatic heterocycles. The van der Waals surface area contributed by atoms with E-state index in [1.165, 1.54) is 0 Å². The fraction of sp³-hybridized carbons (Fsp3) is 0.176. The van der Waals surface area contributed by atoms with E-state index in [2.05, 4.69) is 21.0 Å². The van der Waals surface area contributed by atoms with Crippen molar-refractivity contribution in [3.63, 3.8) is 0 Å². The third-order valence-corrected chi connectivity index (χ3v) is 4.53. The maximum absolute atomic E-state index is 12.5. The lowest BCUT2D eigenvalue weighted by Crippen LogP contribution is -2.05. The minimum Gasteiger partial charge on any atom is -0.294 e. The summed E-state index contributed by atoms with van der Waals surface area (Å²) < 4.78 is 2.84. The van der Waals surface area contributed by atoms with Crippen LogP contribution in [0.5, 0.6) is 0 Å². The Kier molecular flexibility index (Phi) is 3.64. The quantitative estimate of drug-likeness (QED) is 0.672. The highest BCUT2D eigenvalue weighted by atomic mass is 79.9. The summed E-state index contributed by atoms with van der Waals surface area (Å²) in [6.45, 7) is 1.98. The van der Waals surface area contributed by atoms with E-state index in [9.17, 15) is 4.79 Å². The van der Waals surface area contributed by atoms with Gasteiger partial charge < -0.3 is 0 Å². The maximum atomic E-state index is 12.5. The van der Waals surface area contributed by atoms with Crippen molar-refractivity contribution in [3.05, 3.63) is 63.8 Å². The van der Waals surface area contributed by atoms with Gasteiger partial charge in [0.25, 0.3) is 0 Å². The summed E-state index contributed by atoms with van der Waals surface area (Å²) in [7, 11) is 1.90. The molecule has 0 unspecified atom stereocenters. The predicted molar refractivity (Wildman–Crippen MR) is 87.6 cm³/mol. The molecule has 0 aliphatic carbocycles. The molecular formula is C17H15BrN2O. The molecule has 0 saturated carbocycles. The smallest absolute Gasteiger partial charge is 0.168 e. The third-order valence-electron chi connectivity index (χ3n) is 3.64. The molecule has 2 aromatic carbocycles. The summed E-state index contributed by atoms with van der Waals surface area (Å²) in [5.74, 6) is 0.0921. The Bertz CT molecular complexity index is 836. The molecule has 0 saturated heterocycles. The molecule has 4 heteroatoms. The molecule has 106 valence electrons. The molecule has 3 rings (SSSR count). The van der Waals surface area contributed by atoms with Crippen LogP contribution in [0.4, 0.5) is 0 Å². The van der Waals surface area contributed by atoms with Gasteiger partial charge in [-0.3, -0.25) is 9.48 Å². The fourth-order valence-corrected chi connectivity index (χ4v) is 2.74. The Labute approximate surface area is 131 Å². The molecule has 1 heterocycles. The lowest BCUT2D eigenvalue weighted by Gasteiger charge is -2.03. The summed E-state index contributed by atoms with van der Waals surface area (Å²) in [4.78, 5) is 12.5. The SMILES string of the molecule is Cc1cc(C(=O)Cc2nn(C)c3ccccc23)ccc1Br. The number of carbonyl (C=O) groups excluding carboxylic acids is 1. The van der Waals surface area contributed by atoms with Crippen LogP contribution in [0.15, 0.2) is 46.9 Å². The van der Waals surface area contributed by atoms with E-state index < -0.39 is 0 Å². The zero-order valence-corrected chi connectivity index (χ0v) is 13.5. The van der Waals surface area contributed by atoms with Crippen molar-refractivity contribution in [3.8, 4) is 0 Å². The molecule has 0 aliphatic rings. The third kappa shape index (κ3) is 2.63. The number of aryl methyl sites for hydroxylation is 2. The van der Waals surface area contributed by atoms with E-state index in [4.69, 9.17) is 0 Å². The Morgan fingerprint density at radius 1 is 1.24 bits per heavy atom. The van der Waals surface area contributed by atoms with Crippen LogP contribution < -0.4 is 0 Å². The molecule has 1 aromatic heterocycles. The number of hydrogen-bond acceptors (Lipinski definition) is 2. The number of para-hydroxylation sites is 1. The topological polar surface area (TPSA) is 34.9 Å². The van der Waals surface area contributed by atoms with Gasteiger partial charge in [-0.2, -0.15) is 5.10 Å². The van der Waals surface area contributed by atoms with E-state index >= 15 is 0 Å². The average Bonchev–Trinajstić information content (AvgIpc) is 2.79. The zero-order chi connectivity index (χ0) is 15.0. The van der Waals surface area contributed by atoms with Crippen molar-refractivity contribution in [2.75, 3.05) is 0 Å². The first kappa shape index (κ1) is 14.0. The molecule has 3 nitrogen and oxygen atoms in total. The Balaban J connectivity index is 1.94. The van der Waals surface area contributed by atoms with E-state index in [1.54, 1.807) is 0 Å². The van der Waals surface area contributed by atoms with Crippen molar-refractivity contribution in [2.45, 2.75) is 13.3 Å². The molecular weight excluding hydrogens is 328 g/mol. The Hall–Kier alpha value is -1.94. The second-order valence-electron chi connectivity index (χ2n) is 5.15. The highest BCUT2D eigenvalue weighted by Gasteiger charge is 2.14. The number of halogens is 1. The highest BCUT2D eigenvalue weighted by Crippen LogP contribution is 2.21. The first-order valence-corrected chi connectivity index (χ1v) is 7.55. The average molecular weight is 343 g/mol. The molecule has 0 N–H and O–H groups in total. The molecule has 0 bridgehead atoms. The predicted octanol–water partition coefficient (Wildman–Crippen LogP) is 4.07. The largest absolute Gasteiger partial charge is 0.294 e. The maximum Gasteiger partial charge on any atom is 0.168 e. The first-order valence-electron chi connectivity index (χ1n) is 6.76. The zero-order valence-electron chi connectivity index (χ0n) is 11.9. The number of Topliss-reactive ketones (excluding diaryl/α,β-unsaturated/α-hetero) is 1. The number of ketones is 1. The number of carbonyl (C=O) groups is 1. The summed E-state index contributed by atoms with van der Waals surface area (Å²) in [6.07, 6.45) is 0.322. The number of nitrogens with zero attached hydrogens (tertiary/aromatic N) is 2. The Morgan fingerprint density at radius 2 is 2.00 bits per heavy atom. The lowest BCUT2D eigenvalue weighted by molar-refractivity contribution is 0.0992. The number of rotatable bonds is 3. The van der Waals surface area contributed by atoms with Crippen LogP contribution in [0, 0.1) is 6.92 Å². The fourth-order valence-electron chi connectivity index (χ4n) is 2.49. The van der Waals surface area contributed by atoms with Crippen molar-refractivity contribution >= 4 is 32.6 Å². The number of aromatic nitrogens is 2. The Morgan fingerprint density at radius 3 is 2.76 bits per heavy atom. The highest BCUT2D eigenvalue weighted by molar-refractivity contribution is 9.10. The first-order chi connectivity index (χ1) is 10.1. The normalized spacial score (nSPS) is 11.0. The van der Waals surface area contributed by atoms with Gasteiger partial charge in [0.15, 0.2) is 5.78 Å². The molecule has 21 heavy (non-hydrogen) atoms. The van der Waals surface area contributed by atoms with Crippen molar-refractivity contribution < 1.29 is 4.79 Å². The lowest BCUT2D eigenvalue weighted by atomic mass is 10.0. The van der Waals surface area contributed by atoms with Crippen LogP contribution in [-0.4, -0.2) is 15.6 Å². The molecule has 0 spiro atoms. The van der Waals surface area contributed by atoms with Crippen molar-refractivity contribution in [1.29, 1.82) is 0 Å². The van der Waals surface area contributed by atoms with Gasteiger partial charge in [0.05, 0.1) is 17.6 Å². The summed E-state index contributed by atoms with van der Waals surface area (Å²) in [5.41, 5.74) is 3.67. The number of hydrogen-bond donors (Lipinski definition) is 0. The second kappa shape index (κ2) is 5.45.